The van der Waals surface area contributed by atoms with E-state index in [9.17, 15) is 14.7 Å². The normalized spacial score (nSPS) is 10.2. The van der Waals surface area contributed by atoms with Gasteiger partial charge in [0.2, 0.25) is 0 Å². The molecule has 6 heteroatoms. The summed E-state index contributed by atoms with van der Waals surface area (Å²) in [7, 11) is 1.23. The van der Waals surface area contributed by atoms with Gasteiger partial charge < -0.3 is 19.9 Å². The van der Waals surface area contributed by atoms with Crippen molar-refractivity contribution < 1.29 is 24.2 Å². The molecule has 1 amide bonds. The van der Waals surface area contributed by atoms with Crippen LogP contribution in [-0.2, 0) is 9.47 Å². The second-order valence-corrected chi connectivity index (χ2v) is 5.38. The highest BCUT2D eigenvalue weighted by Gasteiger charge is 2.15. The first kappa shape index (κ1) is 17.4. The monoisotopic (exact) mass is 305 g/mol. The fourth-order valence-electron chi connectivity index (χ4n) is 1.47. The highest BCUT2D eigenvalue weighted by molar-refractivity contribution is 5.92. The van der Waals surface area contributed by atoms with Crippen LogP contribution in [-0.4, -0.2) is 36.4 Å². The molecule has 6 nitrogen and oxygen atoms in total. The number of carbonyl (C=O) groups excluding carboxylic acids is 2. The Balaban J connectivity index is 2.61. The number of alkyl carbamates (subject to hydrolysis) is 1. The second-order valence-electron chi connectivity index (χ2n) is 5.38. The molecule has 0 aliphatic rings. The summed E-state index contributed by atoms with van der Waals surface area (Å²) in [5.74, 6) is 4.64. The predicted octanol–water partition coefficient (Wildman–Crippen LogP) is 2.06. The minimum absolute atomic E-state index is 0.0694. The number of phenols is 1. The van der Waals surface area contributed by atoms with Gasteiger partial charge in [-0.15, -0.1) is 0 Å². The summed E-state index contributed by atoms with van der Waals surface area (Å²) in [5.41, 5.74) is 0.0172. The van der Waals surface area contributed by atoms with Gasteiger partial charge in [-0.05, 0) is 39.0 Å². The largest absolute Gasteiger partial charge is 0.507 e. The molecule has 1 aromatic rings. The Morgan fingerprint density at radius 1 is 1.32 bits per heavy atom. The molecule has 0 aromatic heterocycles. The number of aromatic hydroxyl groups is 1. The summed E-state index contributed by atoms with van der Waals surface area (Å²) >= 11 is 0. The molecule has 0 fully saturated rings. The molecule has 0 saturated heterocycles. The number of carbonyl (C=O) groups is 2. The van der Waals surface area contributed by atoms with Gasteiger partial charge in [-0.2, -0.15) is 0 Å². The van der Waals surface area contributed by atoms with E-state index in [-0.39, 0.29) is 17.9 Å². The van der Waals surface area contributed by atoms with E-state index in [1.54, 1.807) is 26.8 Å². The third-order valence-corrected chi connectivity index (χ3v) is 2.36. The van der Waals surface area contributed by atoms with Crippen LogP contribution in [0.3, 0.4) is 0 Å². The van der Waals surface area contributed by atoms with Crippen molar-refractivity contribution in [2.24, 2.45) is 0 Å². The molecule has 0 spiro atoms. The summed E-state index contributed by atoms with van der Waals surface area (Å²) in [6, 6.07) is 4.35. The first-order chi connectivity index (χ1) is 10.2. The summed E-state index contributed by atoms with van der Waals surface area (Å²) in [6.45, 7) is 5.41. The Labute approximate surface area is 129 Å². The van der Waals surface area contributed by atoms with Gasteiger partial charge in [0.25, 0.3) is 0 Å². The van der Waals surface area contributed by atoms with E-state index in [2.05, 4.69) is 21.9 Å². The summed E-state index contributed by atoms with van der Waals surface area (Å²) in [6.07, 6.45) is -0.550. The Bertz CT molecular complexity index is 620. The first-order valence-corrected chi connectivity index (χ1v) is 6.60. The number of methoxy groups -OCH3 is 1. The highest BCUT2D eigenvalue weighted by Crippen LogP contribution is 2.19. The van der Waals surface area contributed by atoms with Gasteiger partial charge in [0.15, 0.2) is 0 Å². The van der Waals surface area contributed by atoms with E-state index in [1.165, 1.54) is 19.2 Å². The standard InChI is InChI=1S/C16H19NO5/c1-16(2,3)22-15(20)17-9-5-6-11-7-8-12(13(18)10-11)14(19)21-4/h7-8,10,18H,9H2,1-4H3,(H,17,20). The number of hydrogen-bond acceptors (Lipinski definition) is 5. The number of benzene rings is 1. The Hall–Kier alpha value is -2.68. The van der Waals surface area contributed by atoms with E-state index >= 15 is 0 Å². The summed E-state index contributed by atoms with van der Waals surface area (Å²) in [5, 5.41) is 12.2. The molecule has 1 rings (SSSR count). The number of nitrogens with one attached hydrogen (secondary N) is 1. The van der Waals surface area contributed by atoms with E-state index in [4.69, 9.17) is 4.74 Å². The number of amides is 1. The minimum Gasteiger partial charge on any atom is -0.507 e. The molecule has 0 heterocycles. The maximum atomic E-state index is 11.4. The first-order valence-electron chi connectivity index (χ1n) is 6.60. The van der Waals surface area contributed by atoms with Gasteiger partial charge in [0.1, 0.15) is 16.9 Å². The Morgan fingerprint density at radius 3 is 2.55 bits per heavy atom. The third-order valence-electron chi connectivity index (χ3n) is 2.36. The van der Waals surface area contributed by atoms with Crippen LogP contribution in [0.25, 0.3) is 0 Å². The van der Waals surface area contributed by atoms with Crippen LogP contribution in [0.2, 0.25) is 0 Å². The Morgan fingerprint density at radius 2 is 2.00 bits per heavy atom. The van der Waals surface area contributed by atoms with Crippen LogP contribution in [0, 0.1) is 11.8 Å². The van der Waals surface area contributed by atoms with Crippen molar-refractivity contribution >= 4 is 12.1 Å². The van der Waals surface area contributed by atoms with Crippen LogP contribution in [0.1, 0.15) is 36.7 Å². The zero-order valence-electron chi connectivity index (χ0n) is 13.0. The number of rotatable bonds is 2. The van der Waals surface area contributed by atoms with Crippen LogP contribution >= 0.6 is 0 Å². The number of esters is 1. The molecule has 1 aromatic carbocycles. The van der Waals surface area contributed by atoms with Gasteiger partial charge >= 0.3 is 12.1 Å². The highest BCUT2D eigenvalue weighted by atomic mass is 16.6. The average Bonchev–Trinajstić information content (AvgIpc) is 2.41. The SMILES string of the molecule is COC(=O)c1ccc(C#CCNC(=O)OC(C)(C)C)cc1O. The number of phenolic OH excluding ortho intramolecular Hbond substituents is 1. The molecule has 0 atom stereocenters. The fraction of sp³-hybridized carbons (Fsp3) is 0.375. The van der Waals surface area contributed by atoms with E-state index in [0.29, 0.717) is 5.56 Å². The molecule has 22 heavy (non-hydrogen) atoms. The number of ether oxygens (including phenoxy) is 2. The van der Waals surface area contributed by atoms with Crippen LogP contribution < -0.4 is 5.32 Å². The van der Waals surface area contributed by atoms with E-state index in [1.807, 2.05) is 0 Å². The lowest BCUT2D eigenvalue weighted by Gasteiger charge is -2.18. The molecule has 0 aliphatic carbocycles. The lowest BCUT2D eigenvalue weighted by molar-refractivity contribution is 0.0533. The molecule has 0 bridgehead atoms. The molecular weight excluding hydrogens is 286 g/mol. The van der Waals surface area contributed by atoms with Gasteiger partial charge in [-0.1, -0.05) is 11.8 Å². The van der Waals surface area contributed by atoms with Crippen molar-refractivity contribution in [2.75, 3.05) is 13.7 Å². The molecular formula is C16H19NO5. The van der Waals surface area contributed by atoms with Crippen molar-refractivity contribution in [3.05, 3.63) is 29.3 Å². The molecule has 0 saturated carbocycles. The lowest BCUT2D eigenvalue weighted by Crippen LogP contribution is -2.32. The van der Waals surface area contributed by atoms with Crippen LogP contribution in [0.15, 0.2) is 18.2 Å². The summed E-state index contributed by atoms with van der Waals surface area (Å²) in [4.78, 5) is 22.7. The average molecular weight is 305 g/mol. The lowest BCUT2D eigenvalue weighted by atomic mass is 10.1. The van der Waals surface area contributed by atoms with Gasteiger partial charge in [-0.3, -0.25) is 0 Å². The molecule has 0 unspecified atom stereocenters. The maximum absolute atomic E-state index is 11.4. The minimum atomic E-state index is -0.622. The van der Waals surface area contributed by atoms with Crippen molar-refractivity contribution in [3.8, 4) is 17.6 Å². The van der Waals surface area contributed by atoms with Crippen LogP contribution in [0.4, 0.5) is 4.79 Å². The smallest absolute Gasteiger partial charge is 0.408 e. The topological polar surface area (TPSA) is 84.9 Å². The predicted molar refractivity (Wildman–Crippen MR) is 80.6 cm³/mol. The molecule has 118 valence electrons. The fourth-order valence-corrected chi connectivity index (χ4v) is 1.47. The Kier molecular flexibility index (Phi) is 5.81. The van der Waals surface area contributed by atoms with Crippen molar-refractivity contribution in [1.29, 1.82) is 0 Å². The number of hydrogen-bond donors (Lipinski definition) is 2. The third kappa shape index (κ3) is 5.75. The summed E-state index contributed by atoms with van der Waals surface area (Å²) < 4.78 is 9.58. The van der Waals surface area contributed by atoms with Crippen molar-refractivity contribution in [1.82, 2.24) is 5.32 Å². The maximum Gasteiger partial charge on any atom is 0.408 e. The van der Waals surface area contributed by atoms with Gasteiger partial charge in [-0.25, -0.2) is 9.59 Å². The zero-order chi connectivity index (χ0) is 16.8. The zero-order valence-corrected chi connectivity index (χ0v) is 13.0. The van der Waals surface area contributed by atoms with Crippen molar-refractivity contribution in [2.45, 2.75) is 26.4 Å². The van der Waals surface area contributed by atoms with Crippen molar-refractivity contribution in [3.63, 3.8) is 0 Å². The molecule has 0 radical (unpaired) electrons. The van der Waals surface area contributed by atoms with Gasteiger partial charge in [0, 0.05) is 5.56 Å². The molecule has 2 N–H and O–H groups in total. The second kappa shape index (κ2) is 7.36. The van der Waals surface area contributed by atoms with Crippen LogP contribution in [0.5, 0.6) is 5.75 Å². The quantitative estimate of drug-likeness (QED) is 0.645. The molecule has 0 aliphatic heterocycles. The van der Waals surface area contributed by atoms with Gasteiger partial charge in [0.05, 0.1) is 13.7 Å². The van der Waals surface area contributed by atoms with E-state index in [0.717, 1.165) is 0 Å². The van der Waals surface area contributed by atoms with E-state index < -0.39 is 17.7 Å².